The smallest absolute Gasteiger partial charge is 0.0810 e. The van der Waals surface area contributed by atoms with Gasteiger partial charge in [-0.1, -0.05) is 0 Å². The van der Waals surface area contributed by atoms with E-state index in [1.54, 1.807) is 0 Å². The lowest BCUT2D eigenvalue weighted by Gasteiger charge is -1.98. The van der Waals surface area contributed by atoms with Gasteiger partial charge in [0.05, 0.1) is 18.8 Å². The molecule has 48 valence electrons. The molecule has 0 saturated carbocycles. The fourth-order valence-corrected chi connectivity index (χ4v) is 0.662. The first-order chi connectivity index (χ1) is 3.79. The molecule has 1 aliphatic heterocycles. The maximum Gasteiger partial charge on any atom is 0.0810 e. The zero-order valence-electron chi connectivity index (χ0n) is 5.13. The minimum Gasteiger partial charge on any atom is -0.393 e. The summed E-state index contributed by atoms with van der Waals surface area (Å²) in [6.07, 6.45) is 2.23. The average Bonchev–Trinajstić information content (AvgIpc) is 2.41. The molecule has 2 atom stereocenters. The number of epoxide rings is 1. The van der Waals surface area contributed by atoms with E-state index in [0.717, 1.165) is 19.4 Å². The quantitative estimate of drug-likeness (QED) is 0.546. The molecule has 0 aliphatic carbocycles. The summed E-state index contributed by atoms with van der Waals surface area (Å²) in [6.45, 7) is 2.72. The molecule has 1 aliphatic rings. The summed E-state index contributed by atoms with van der Waals surface area (Å²) in [5.41, 5.74) is 0. The van der Waals surface area contributed by atoms with Gasteiger partial charge in [-0.25, -0.2) is 0 Å². The number of hydrogen-bond acceptors (Lipinski definition) is 2. The van der Waals surface area contributed by atoms with Gasteiger partial charge in [0.15, 0.2) is 0 Å². The van der Waals surface area contributed by atoms with E-state index in [1.807, 2.05) is 6.92 Å². The van der Waals surface area contributed by atoms with E-state index in [1.165, 1.54) is 0 Å². The van der Waals surface area contributed by atoms with Crippen LogP contribution in [-0.2, 0) is 4.74 Å². The molecule has 0 spiro atoms. The SMILES string of the molecule is C[C@H](O)CC[C@@H]1CO1. The molecule has 1 rings (SSSR count). The Labute approximate surface area is 49.5 Å². The number of hydrogen-bond donors (Lipinski definition) is 1. The molecule has 1 N–H and O–H groups in total. The molecule has 0 aromatic carbocycles. The van der Waals surface area contributed by atoms with Gasteiger partial charge >= 0.3 is 0 Å². The molecule has 0 radical (unpaired) electrons. The lowest BCUT2D eigenvalue weighted by Crippen LogP contribution is -2.00. The van der Waals surface area contributed by atoms with E-state index in [-0.39, 0.29) is 6.10 Å². The van der Waals surface area contributed by atoms with Crippen LogP contribution in [0.2, 0.25) is 0 Å². The van der Waals surface area contributed by atoms with Crippen LogP contribution in [0.25, 0.3) is 0 Å². The summed E-state index contributed by atoms with van der Waals surface area (Å²) in [5.74, 6) is 0. The highest BCUT2D eigenvalue weighted by Crippen LogP contribution is 2.15. The topological polar surface area (TPSA) is 32.8 Å². The molecule has 8 heavy (non-hydrogen) atoms. The Kier molecular flexibility index (Phi) is 1.86. The maximum atomic E-state index is 8.77. The van der Waals surface area contributed by atoms with Crippen LogP contribution in [0.4, 0.5) is 0 Å². The lowest BCUT2D eigenvalue weighted by atomic mass is 10.2. The van der Waals surface area contributed by atoms with Gasteiger partial charge in [0.25, 0.3) is 0 Å². The maximum absolute atomic E-state index is 8.77. The highest BCUT2D eigenvalue weighted by Gasteiger charge is 2.21. The molecule has 2 nitrogen and oxygen atoms in total. The molecule has 0 aromatic heterocycles. The molecule has 1 saturated heterocycles. The van der Waals surface area contributed by atoms with Crippen molar-refractivity contribution in [3.8, 4) is 0 Å². The van der Waals surface area contributed by atoms with E-state index in [2.05, 4.69) is 0 Å². The third kappa shape index (κ3) is 2.28. The van der Waals surface area contributed by atoms with Gasteiger partial charge in [-0.2, -0.15) is 0 Å². The van der Waals surface area contributed by atoms with Gasteiger partial charge < -0.3 is 9.84 Å². The summed E-state index contributed by atoms with van der Waals surface area (Å²) in [7, 11) is 0. The Morgan fingerprint density at radius 2 is 2.50 bits per heavy atom. The molecule has 0 bridgehead atoms. The Morgan fingerprint density at radius 1 is 1.88 bits per heavy atom. The van der Waals surface area contributed by atoms with Crippen molar-refractivity contribution in [2.75, 3.05) is 6.61 Å². The highest BCUT2D eigenvalue weighted by molar-refractivity contribution is 4.69. The summed E-state index contributed by atoms with van der Waals surface area (Å²) in [4.78, 5) is 0. The largest absolute Gasteiger partial charge is 0.393 e. The minimum absolute atomic E-state index is 0.154. The molecule has 0 unspecified atom stereocenters. The Balaban J connectivity index is 1.87. The summed E-state index contributed by atoms with van der Waals surface area (Å²) in [5, 5.41) is 8.77. The van der Waals surface area contributed by atoms with Crippen LogP contribution in [0, 0.1) is 0 Å². The summed E-state index contributed by atoms with van der Waals surface area (Å²) in [6, 6.07) is 0. The summed E-state index contributed by atoms with van der Waals surface area (Å²) >= 11 is 0. The molecular weight excluding hydrogens is 104 g/mol. The van der Waals surface area contributed by atoms with E-state index in [0.29, 0.717) is 6.10 Å². The van der Waals surface area contributed by atoms with E-state index < -0.39 is 0 Å². The number of ether oxygens (including phenoxy) is 1. The molecule has 0 amide bonds. The predicted molar refractivity (Wildman–Crippen MR) is 30.7 cm³/mol. The minimum atomic E-state index is -0.154. The van der Waals surface area contributed by atoms with Crippen molar-refractivity contribution in [3.63, 3.8) is 0 Å². The number of aliphatic hydroxyl groups is 1. The van der Waals surface area contributed by atoms with Crippen molar-refractivity contribution in [2.45, 2.75) is 32.0 Å². The van der Waals surface area contributed by atoms with Crippen molar-refractivity contribution >= 4 is 0 Å². The third-order valence-corrected chi connectivity index (χ3v) is 1.31. The standard InChI is InChI=1S/C6H12O2/c1-5(7)2-3-6-4-8-6/h5-7H,2-4H2,1H3/t5-,6+/m0/s1. The Morgan fingerprint density at radius 3 is 2.88 bits per heavy atom. The molecule has 2 heteroatoms. The van der Waals surface area contributed by atoms with Crippen molar-refractivity contribution in [1.82, 2.24) is 0 Å². The van der Waals surface area contributed by atoms with E-state index >= 15 is 0 Å². The van der Waals surface area contributed by atoms with Gasteiger partial charge in [0.1, 0.15) is 0 Å². The van der Waals surface area contributed by atoms with Gasteiger partial charge in [0, 0.05) is 0 Å². The first kappa shape index (κ1) is 6.05. The second kappa shape index (κ2) is 2.46. The monoisotopic (exact) mass is 116 g/mol. The first-order valence-electron chi connectivity index (χ1n) is 3.08. The predicted octanol–water partition coefficient (Wildman–Crippen LogP) is 0.546. The molecule has 1 heterocycles. The number of aliphatic hydroxyl groups excluding tert-OH is 1. The fourth-order valence-electron chi connectivity index (χ4n) is 0.662. The van der Waals surface area contributed by atoms with Crippen LogP contribution in [0.15, 0.2) is 0 Å². The fraction of sp³-hybridized carbons (Fsp3) is 1.00. The van der Waals surface area contributed by atoms with Crippen LogP contribution >= 0.6 is 0 Å². The first-order valence-corrected chi connectivity index (χ1v) is 3.08. The zero-order chi connectivity index (χ0) is 5.98. The summed E-state index contributed by atoms with van der Waals surface area (Å²) < 4.78 is 4.95. The Bertz CT molecular complexity index is 64.9. The van der Waals surface area contributed by atoms with Crippen LogP contribution in [0.3, 0.4) is 0 Å². The van der Waals surface area contributed by atoms with Gasteiger partial charge in [-0.05, 0) is 19.8 Å². The van der Waals surface area contributed by atoms with Crippen LogP contribution in [-0.4, -0.2) is 23.9 Å². The van der Waals surface area contributed by atoms with E-state index in [9.17, 15) is 0 Å². The van der Waals surface area contributed by atoms with Crippen molar-refractivity contribution in [2.24, 2.45) is 0 Å². The molecule has 1 fully saturated rings. The Hall–Kier alpha value is -0.0800. The van der Waals surface area contributed by atoms with Gasteiger partial charge in [-0.3, -0.25) is 0 Å². The number of rotatable bonds is 3. The second-order valence-corrected chi connectivity index (χ2v) is 2.38. The highest BCUT2D eigenvalue weighted by atomic mass is 16.6. The van der Waals surface area contributed by atoms with Gasteiger partial charge in [0.2, 0.25) is 0 Å². The van der Waals surface area contributed by atoms with E-state index in [4.69, 9.17) is 9.84 Å². The molecular formula is C6H12O2. The zero-order valence-corrected chi connectivity index (χ0v) is 5.13. The van der Waals surface area contributed by atoms with Crippen LogP contribution in [0.5, 0.6) is 0 Å². The molecule has 0 aromatic rings. The van der Waals surface area contributed by atoms with Crippen LogP contribution < -0.4 is 0 Å². The average molecular weight is 116 g/mol. The normalized spacial score (nSPS) is 30.0. The lowest BCUT2D eigenvalue weighted by molar-refractivity contribution is 0.176. The van der Waals surface area contributed by atoms with Crippen LogP contribution in [0.1, 0.15) is 19.8 Å². The van der Waals surface area contributed by atoms with Crippen molar-refractivity contribution in [1.29, 1.82) is 0 Å². The third-order valence-electron chi connectivity index (χ3n) is 1.31. The second-order valence-electron chi connectivity index (χ2n) is 2.38. The van der Waals surface area contributed by atoms with Crippen molar-refractivity contribution < 1.29 is 9.84 Å². The van der Waals surface area contributed by atoms with Gasteiger partial charge in [-0.15, -0.1) is 0 Å². The van der Waals surface area contributed by atoms with Crippen molar-refractivity contribution in [3.05, 3.63) is 0 Å².